The molecule has 5 heterocycles. The molecule has 0 radical (unpaired) electrons. The summed E-state index contributed by atoms with van der Waals surface area (Å²) in [7, 11) is 0. The van der Waals surface area contributed by atoms with E-state index < -0.39 is 52.2 Å². The summed E-state index contributed by atoms with van der Waals surface area (Å²) >= 11 is 0. The number of aliphatic hydroxyl groups is 1. The van der Waals surface area contributed by atoms with Crippen molar-refractivity contribution in [2.45, 2.75) is 146 Å². The number of carbonyl (C=O) groups excluding carboxylic acids is 9. The van der Waals surface area contributed by atoms with Crippen LogP contribution in [0.4, 0.5) is 4.39 Å². The first-order valence-corrected chi connectivity index (χ1v) is 26.3. The molecular formula is C57H61FN6O13. The third-order valence-corrected chi connectivity index (χ3v) is 15.7. The molecule has 0 saturated heterocycles. The normalized spacial score (nSPS) is 18.8. The van der Waals surface area contributed by atoms with Crippen molar-refractivity contribution in [2.75, 3.05) is 19.8 Å². The number of nitrogens with zero attached hydrogens (tertiary/aromatic N) is 3. The quantitative estimate of drug-likeness (QED) is 0.0277. The summed E-state index contributed by atoms with van der Waals surface area (Å²) in [6.45, 7) is 2.81. The van der Waals surface area contributed by atoms with Crippen LogP contribution in [0.5, 0.6) is 0 Å². The van der Waals surface area contributed by atoms with E-state index in [2.05, 4.69) is 16.0 Å². The van der Waals surface area contributed by atoms with E-state index in [1.165, 1.54) is 22.8 Å². The van der Waals surface area contributed by atoms with Crippen LogP contribution in [0.3, 0.4) is 0 Å². The molecular weight excluding hydrogens is 996 g/mol. The van der Waals surface area contributed by atoms with Crippen LogP contribution in [-0.4, -0.2) is 104 Å². The second-order valence-electron chi connectivity index (χ2n) is 20.6. The molecule has 5 amide bonds. The Kier molecular flexibility index (Phi) is 15.9. The van der Waals surface area contributed by atoms with Crippen LogP contribution in [-0.2, 0) is 84.2 Å². The molecule has 0 spiro atoms. The van der Waals surface area contributed by atoms with Gasteiger partial charge in [-0.3, -0.25) is 48.1 Å². The zero-order chi connectivity index (χ0) is 54.8. The largest absolute Gasteiger partial charge is 0.458 e. The number of cyclic esters (lactones) is 1. The van der Waals surface area contributed by atoms with Gasteiger partial charge in [0.25, 0.3) is 17.4 Å². The zero-order valence-electron chi connectivity index (χ0n) is 43.1. The monoisotopic (exact) mass is 1060 g/mol. The smallest absolute Gasteiger partial charge is 0.343 e. The van der Waals surface area contributed by atoms with E-state index in [4.69, 9.17) is 14.5 Å². The maximum atomic E-state index is 15.5. The molecule has 2 aromatic heterocycles. The highest BCUT2D eigenvalue weighted by Crippen LogP contribution is 2.50. The Hall–Kier alpha value is -7.58. The van der Waals surface area contributed by atoms with Gasteiger partial charge in [-0.2, -0.15) is 0 Å². The molecule has 2 aromatic carbocycles. The van der Waals surface area contributed by atoms with Crippen molar-refractivity contribution in [1.29, 1.82) is 0 Å². The number of Topliss-reactive ketones (excluding diaryl/α,β-unsaturated/α-hetero) is 3. The summed E-state index contributed by atoms with van der Waals surface area (Å²) in [4.78, 5) is 135. The summed E-state index contributed by atoms with van der Waals surface area (Å²) in [5, 5.41) is 20.1. The number of esters is 1. The fourth-order valence-electron chi connectivity index (χ4n) is 11.0. The first kappa shape index (κ1) is 54.2. The van der Waals surface area contributed by atoms with Crippen LogP contribution in [0.1, 0.15) is 135 Å². The lowest BCUT2D eigenvalue weighted by molar-refractivity contribution is -0.172. The van der Waals surface area contributed by atoms with E-state index in [0.29, 0.717) is 73.0 Å². The van der Waals surface area contributed by atoms with E-state index in [1.807, 2.05) is 6.07 Å². The minimum absolute atomic E-state index is 0.0337. The van der Waals surface area contributed by atoms with E-state index in [0.717, 1.165) is 27.0 Å². The van der Waals surface area contributed by atoms with Gasteiger partial charge in [0.05, 0.1) is 41.6 Å². The number of fused-ring (bicyclic) bond motifs is 5. The topological polar surface area (TPSA) is 267 Å². The molecule has 20 heteroatoms. The third-order valence-electron chi connectivity index (χ3n) is 15.7. The third kappa shape index (κ3) is 11.3. The zero-order valence-corrected chi connectivity index (χ0v) is 43.1. The lowest BCUT2D eigenvalue weighted by atomic mass is 9.76. The van der Waals surface area contributed by atoms with Crippen LogP contribution >= 0.6 is 0 Å². The van der Waals surface area contributed by atoms with Gasteiger partial charge >= 0.3 is 5.97 Å². The number of nitrogens with one attached hydrogen (secondary N) is 3. The van der Waals surface area contributed by atoms with Gasteiger partial charge in [-0.05, 0) is 92.5 Å². The van der Waals surface area contributed by atoms with E-state index in [1.54, 1.807) is 44.2 Å². The van der Waals surface area contributed by atoms with Gasteiger partial charge in [0, 0.05) is 79.8 Å². The highest BCUT2D eigenvalue weighted by Gasteiger charge is 2.52. The fourth-order valence-corrected chi connectivity index (χ4v) is 11.0. The van der Waals surface area contributed by atoms with Gasteiger partial charge in [-0.1, -0.05) is 43.7 Å². The van der Waals surface area contributed by atoms with E-state index in [9.17, 15) is 53.1 Å². The molecule has 9 rings (SSSR count). The number of aryl methyl sites for hydroxylation is 1. The maximum Gasteiger partial charge on any atom is 0.343 e. The molecule has 4 aromatic rings. The number of unbranched alkanes of at least 4 members (excludes halogenated alkanes) is 2. The molecule has 19 nitrogen and oxygen atoms in total. The highest BCUT2D eigenvalue weighted by atomic mass is 19.1. The predicted molar refractivity (Wildman–Crippen MR) is 274 cm³/mol. The van der Waals surface area contributed by atoms with Crippen molar-refractivity contribution in [1.82, 2.24) is 30.4 Å². The minimum Gasteiger partial charge on any atom is -0.458 e. The number of ketones is 3. The van der Waals surface area contributed by atoms with Crippen molar-refractivity contribution in [3.8, 4) is 11.4 Å². The Morgan fingerprint density at radius 2 is 1.61 bits per heavy atom. The van der Waals surface area contributed by atoms with Gasteiger partial charge in [0.2, 0.25) is 17.7 Å². The molecule has 1 saturated carbocycles. The van der Waals surface area contributed by atoms with Crippen LogP contribution in [0.15, 0.2) is 59.4 Å². The molecule has 2 aliphatic carbocycles. The van der Waals surface area contributed by atoms with Gasteiger partial charge in [0.1, 0.15) is 24.8 Å². The number of aromatic nitrogens is 2. The Labute approximate surface area is 442 Å². The Morgan fingerprint density at radius 3 is 2.34 bits per heavy atom. The van der Waals surface area contributed by atoms with E-state index in [-0.39, 0.29) is 131 Å². The van der Waals surface area contributed by atoms with Gasteiger partial charge in [-0.15, -0.1) is 0 Å². The summed E-state index contributed by atoms with van der Waals surface area (Å²) < 4.78 is 28.4. The molecule has 3 aliphatic heterocycles. The fraction of sp³-hybridized carbons (Fsp3) is 0.456. The molecule has 0 bridgehead atoms. The molecule has 4 N–H and O–H groups in total. The van der Waals surface area contributed by atoms with Crippen LogP contribution in [0, 0.1) is 12.7 Å². The van der Waals surface area contributed by atoms with Crippen molar-refractivity contribution in [3.63, 3.8) is 0 Å². The molecule has 5 aliphatic rings. The lowest BCUT2D eigenvalue weighted by Gasteiger charge is -2.31. The van der Waals surface area contributed by atoms with Crippen molar-refractivity contribution >= 4 is 63.8 Å². The van der Waals surface area contributed by atoms with Crippen LogP contribution in [0.2, 0.25) is 0 Å². The number of benzene rings is 2. The average molecular weight is 1060 g/mol. The van der Waals surface area contributed by atoms with Crippen molar-refractivity contribution < 1.29 is 62.1 Å². The highest BCUT2D eigenvalue weighted by molar-refractivity contribution is 6.12. The maximum absolute atomic E-state index is 15.5. The van der Waals surface area contributed by atoms with Crippen molar-refractivity contribution in [2.24, 2.45) is 0 Å². The van der Waals surface area contributed by atoms with Gasteiger partial charge in [0.15, 0.2) is 23.0 Å². The number of amides is 5. The summed E-state index contributed by atoms with van der Waals surface area (Å²) in [6, 6.07) is 10.9. The number of ether oxygens (including phenoxy) is 2. The molecule has 404 valence electrons. The molecule has 77 heavy (non-hydrogen) atoms. The summed E-state index contributed by atoms with van der Waals surface area (Å²) in [5.74, 6) is -4.77. The Bertz CT molecular complexity index is 3200. The number of hydrogen-bond acceptors (Lipinski definition) is 14. The number of rotatable bonds is 25. The number of imide groups is 1. The summed E-state index contributed by atoms with van der Waals surface area (Å²) in [5.41, 5.74) is 1.34. The number of pyridine rings is 2. The van der Waals surface area contributed by atoms with E-state index >= 15 is 4.39 Å². The SMILES string of the molecule is CC[C@@]1(O)C(=O)OCc2c1cc1n(c2=O)Cc2c-1nc1cc(F)c(C)c3c1c2[C@@H](CC(=O)C1(OCNC(=O)CCC(=O)[C@H](Cc2ccccc2)NC(=O)CCC(=O)CNC(=O)CCCCCN2C(=O)C=CC2=O)CC1)CC3. The Morgan fingerprint density at radius 1 is 0.883 bits per heavy atom. The predicted octanol–water partition coefficient (Wildman–Crippen LogP) is 4.17. The molecule has 1 fully saturated rings. The van der Waals surface area contributed by atoms with Gasteiger partial charge in [-0.25, -0.2) is 14.2 Å². The van der Waals surface area contributed by atoms with Crippen LogP contribution < -0.4 is 21.5 Å². The first-order chi connectivity index (χ1) is 36.9. The molecule has 0 unspecified atom stereocenters. The van der Waals surface area contributed by atoms with Crippen LogP contribution in [0.25, 0.3) is 22.3 Å². The summed E-state index contributed by atoms with van der Waals surface area (Å²) in [6.07, 6.45) is 5.28. The number of carbonyl (C=O) groups is 9. The number of hydrogen-bond donors (Lipinski definition) is 4. The molecule has 3 atom stereocenters. The second-order valence-corrected chi connectivity index (χ2v) is 20.6. The van der Waals surface area contributed by atoms with Crippen molar-refractivity contribution in [3.05, 3.63) is 110 Å². The lowest BCUT2D eigenvalue weighted by Crippen LogP contribution is -2.44. The standard InChI is InChI=1S/C57H61FN6O13/c1-3-57(75)39-26-43-53-37(29-64(43)54(73)38(39)30-76-55(57)74)51-34(13-15-36-32(2)40(58)27-42(62-53)52(36)51)25-45(67)56(21-22-56)77-31-60-47(69)18-16-44(66)41(24-33-10-6-4-7-11-33)61-48(70)17-14-35(65)28-59-46(68)12-8-5-9-23-63-49(71)19-20-50(63)72/h4,6-7,10-11,19-20,26-27,34,41,75H,3,5,8-9,12-18,21-25,28-31H2,1-2H3,(H,59,68)(H,60,69)(H,61,70)/t34-,41+,57+/m1/s1. The minimum atomic E-state index is -2.04. The first-order valence-electron chi connectivity index (χ1n) is 26.3. The van der Waals surface area contributed by atoms with Gasteiger partial charge < -0.3 is 35.1 Å². The number of halogens is 1. The Balaban J connectivity index is 0.769. The second kappa shape index (κ2) is 22.6. The average Bonchev–Trinajstić information content (AvgIpc) is 4.09.